The first kappa shape index (κ1) is 19.8. The molecule has 1 N–H and O–H groups in total. The van der Waals surface area contributed by atoms with E-state index in [0.717, 1.165) is 25.2 Å². The van der Waals surface area contributed by atoms with Gasteiger partial charge in [-0.05, 0) is 30.0 Å². The first-order valence-corrected chi connectivity index (χ1v) is 11.2. The summed E-state index contributed by atoms with van der Waals surface area (Å²) in [6.07, 6.45) is 5.34. The molecule has 0 saturated carbocycles. The van der Waals surface area contributed by atoms with Crippen molar-refractivity contribution in [2.75, 3.05) is 26.2 Å². The highest BCUT2D eigenvalue weighted by Crippen LogP contribution is 2.22. The average Bonchev–Trinajstić information content (AvgIpc) is 3.21. The van der Waals surface area contributed by atoms with Crippen molar-refractivity contribution >= 4 is 10.0 Å². The molecule has 1 atom stereocenters. The summed E-state index contributed by atoms with van der Waals surface area (Å²) in [6.45, 7) is 3.24. The summed E-state index contributed by atoms with van der Waals surface area (Å²) in [5.74, 6) is 0.151. The molecule has 29 heavy (non-hydrogen) atoms. The summed E-state index contributed by atoms with van der Waals surface area (Å²) in [7, 11) is -3.57. The Morgan fingerprint density at radius 3 is 2.59 bits per heavy atom. The Bertz CT molecular complexity index is 994. The van der Waals surface area contributed by atoms with Gasteiger partial charge in [0.25, 0.3) is 0 Å². The van der Waals surface area contributed by atoms with Crippen molar-refractivity contribution in [2.45, 2.75) is 17.9 Å². The largest absolute Gasteiger partial charge is 0.297 e. The lowest BCUT2D eigenvalue weighted by Gasteiger charge is -2.24. The van der Waals surface area contributed by atoms with Gasteiger partial charge in [-0.15, -0.1) is 0 Å². The van der Waals surface area contributed by atoms with Crippen LogP contribution in [0, 0.1) is 5.92 Å². The second-order valence-electron chi connectivity index (χ2n) is 7.41. The van der Waals surface area contributed by atoms with Crippen molar-refractivity contribution in [3.8, 4) is 0 Å². The van der Waals surface area contributed by atoms with Gasteiger partial charge in [0, 0.05) is 50.8 Å². The molecule has 1 aromatic carbocycles. The fourth-order valence-electron chi connectivity index (χ4n) is 3.82. The minimum absolute atomic E-state index is 0.151. The SMILES string of the molecule is O=S(=O)(c1cn[nH]c1)N1CCN(Cc2ccccc2)C[C@H](Cc2ccccn2)C1. The summed E-state index contributed by atoms with van der Waals surface area (Å²) in [5.41, 5.74) is 2.22. The molecule has 1 saturated heterocycles. The number of aromatic amines is 1. The molecule has 0 radical (unpaired) electrons. The highest BCUT2D eigenvalue weighted by Gasteiger charge is 2.32. The molecule has 7 nitrogen and oxygen atoms in total. The molecule has 0 unspecified atom stereocenters. The van der Waals surface area contributed by atoms with E-state index in [9.17, 15) is 8.42 Å². The summed E-state index contributed by atoms with van der Waals surface area (Å²) in [5, 5.41) is 6.42. The average molecular weight is 412 g/mol. The van der Waals surface area contributed by atoms with Gasteiger partial charge in [0.15, 0.2) is 0 Å². The Balaban J connectivity index is 1.56. The lowest BCUT2D eigenvalue weighted by molar-refractivity contribution is 0.248. The third-order valence-corrected chi connectivity index (χ3v) is 7.06. The maximum absolute atomic E-state index is 13.1. The van der Waals surface area contributed by atoms with Crippen LogP contribution in [0.2, 0.25) is 0 Å². The molecule has 152 valence electrons. The molecule has 1 fully saturated rings. The van der Waals surface area contributed by atoms with Crippen molar-refractivity contribution in [1.29, 1.82) is 0 Å². The fourth-order valence-corrected chi connectivity index (χ4v) is 5.24. The normalized spacial score (nSPS) is 19.1. The third kappa shape index (κ3) is 4.90. The van der Waals surface area contributed by atoms with Gasteiger partial charge in [0.1, 0.15) is 4.90 Å². The Morgan fingerprint density at radius 2 is 1.86 bits per heavy atom. The monoisotopic (exact) mass is 411 g/mol. The predicted octanol–water partition coefficient (Wildman–Crippen LogP) is 2.17. The number of aromatic nitrogens is 3. The molecule has 2 aromatic heterocycles. The van der Waals surface area contributed by atoms with Crippen LogP contribution in [0.15, 0.2) is 72.0 Å². The molecule has 3 aromatic rings. The molecule has 3 heterocycles. The number of pyridine rings is 1. The number of sulfonamides is 1. The van der Waals surface area contributed by atoms with Crippen LogP contribution >= 0.6 is 0 Å². The van der Waals surface area contributed by atoms with E-state index in [1.165, 1.54) is 18.0 Å². The number of H-pyrrole nitrogens is 1. The van der Waals surface area contributed by atoms with Crippen molar-refractivity contribution in [3.63, 3.8) is 0 Å². The second kappa shape index (κ2) is 8.86. The number of hydrogen-bond acceptors (Lipinski definition) is 5. The number of nitrogens with zero attached hydrogens (tertiary/aromatic N) is 4. The van der Waals surface area contributed by atoms with Crippen molar-refractivity contribution in [1.82, 2.24) is 24.4 Å². The number of rotatable bonds is 6. The summed E-state index contributed by atoms with van der Waals surface area (Å²) < 4.78 is 27.8. The summed E-state index contributed by atoms with van der Waals surface area (Å²) in [4.78, 5) is 7.00. The first-order valence-electron chi connectivity index (χ1n) is 9.76. The van der Waals surface area contributed by atoms with Crippen molar-refractivity contribution < 1.29 is 8.42 Å². The van der Waals surface area contributed by atoms with E-state index in [4.69, 9.17) is 0 Å². The van der Waals surface area contributed by atoms with Gasteiger partial charge in [-0.3, -0.25) is 15.0 Å². The predicted molar refractivity (Wildman–Crippen MR) is 110 cm³/mol. The molecule has 0 bridgehead atoms. The lowest BCUT2D eigenvalue weighted by Crippen LogP contribution is -2.36. The number of nitrogens with one attached hydrogen (secondary N) is 1. The zero-order valence-electron chi connectivity index (χ0n) is 16.2. The van der Waals surface area contributed by atoms with E-state index < -0.39 is 10.0 Å². The van der Waals surface area contributed by atoms with E-state index >= 15 is 0 Å². The second-order valence-corrected chi connectivity index (χ2v) is 9.35. The quantitative estimate of drug-likeness (QED) is 0.672. The Labute approximate surface area is 171 Å². The van der Waals surface area contributed by atoms with E-state index in [1.54, 1.807) is 10.5 Å². The van der Waals surface area contributed by atoms with Gasteiger partial charge in [0.2, 0.25) is 10.0 Å². The zero-order valence-corrected chi connectivity index (χ0v) is 17.0. The van der Waals surface area contributed by atoms with Crippen LogP contribution in [0.5, 0.6) is 0 Å². The molecule has 1 aliphatic rings. The van der Waals surface area contributed by atoms with Crippen LogP contribution in [0.4, 0.5) is 0 Å². The fraction of sp³-hybridized carbons (Fsp3) is 0.333. The molecule has 1 aliphatic heterocycles. The Kier molecular flexibility index (Phi) is 6.03. The molecule has 4 rings (SSSR count). The van der Waals surface area contributed by atoms with E-state index in [0.29, 0.717) is 19.6 Å². The molecule has 0 amide bonds. The van der Waals surface area contributed by atoms with Gasteiger partial charge in [0.05, 0.1) is 6.20 Å². The van der Waals surface area contributed by atoms with E-state index in [2.05, 4.69) is 32.2 Å². The highest BCUT2D eigenvalue weighted by molar-refractivity contribution is 7.89. The standard InChI is InChI=1S/C21H25N5O2S/c27-29(28,21-13-23-24-14-21)26-11-10-25(15-18-6-2-1-3-7-18)16-19(17-26)12-20-8-4-5-9-22-20/h1-9,13-14,19H,10-12,15-17H2,(H,23,24)/t19-/m0/s1. The first-order chi connectivity index (χ1) is 14.1. The van der Waals surface area contributed by atoms with Gasteiger partial charge in [-0.1, -0.05) is 36.4 Å². The minimum Gasteiger partial charge on any atom is -0.297 e. The van der Waals surface area contributed by atoms with E-state index in [-0.39, 0.29) is 10.8 Å². The maximum atomic E-state index is 13.1. The van der Waals surface area contributed by atoms with Gasteiger partial charge in [-0.25, -0.2) is 8.42 Å². The van der Waals surface area contributed by atoms with Crippen LogP contribution in [-0.2, 0) is 23.0 Å². The van der Waals surface area contributed by atoms with Gasteiger partial charge >= 0.3 is 0 Å². The minimum atomic E-state index is -3.57. The molecular weight excluding hydrogens is 386 g/mol. The topological polar surface area (TPSA) is 82.2 Å². The molecule has 0 spiro atoms. The summed E-state index contributed by atoms with van der Waals surface area (Å²) >= 11 is 0. The van der Waals surface area contributed by atoms with Crippen LogP contribution < -0.4 is 0 Å². The van der Waals surface area contributed by atoms with Crippen molar-refractivity contribution in [3.05, 3.63) is 78.4 Å². The lowest BCUT2D eigenvalue weighted by atomic mass is 10.0. The van der Waals surface area contributed by atoms with Crippen LogP contribution in [-0.4, -0.2) is 59.0 Å². The summed E-state index contributed by atoms with van der Waals surface area (Å²) in [6, 6.07) is 16.2. The molecule has 0 aliphatic carbocycles. The van der Waals surface area contributed by atoms with Gasteiger partial charge < -0.3 is 0 Å². The van der Waals surface area contributed by atoms with Crippen molar-refractivity contribution in [2.24, 2.45) is 5.92 Å². The Morgan fingerprint density at radius 1 is 1.03 bits per heavy atom. The smallest absolute Gasteiger partial charge is 0.246 e. The zero-order chi connectivity index (χ0) is 20.1. The number of benzene rings is 1. The number of hydrogen-bond donors (Lipinski definition) is 1. The Hall–Kier alpha value is -2.55. The van der Waals surface area contributed by atoms with Crippen LogP contribution in [0.25, 0.3) is 0 Å². The van der Waals surface area contributed by atoms with Crippen LogP contribution in [0.3, 0.4) is 0 Å². The third-order valence-electron chi connectivity index (χ3n) is 5.23. The highest BCUT2D eigenvalue weighted by atomic mass is 32.2. The van der Waals surface area contributed by atoms with Crippen LogP contribution in [0.1, 0.15) is 11.3 Å². The maximum Gasteiger partial charge on any atom is 0.246 e. The molecular formula is C21H25N5O2S. The molecule has 8 heteroatoms. The van der Waals surface area contributed by atoms with E-state index in [1.807, 2.05) is 36.4 Å². The van der Waals surface area contributed by atoms with Gasteiger partial charge in [-0.2, -0.15) is 9.40 Å².